The lowest BCUT2D eigenvalue weighted by atomic mass is 10.1. The number of amides is 1. The maximum absolute atomic E-state index is 11.7. The number of carbonyl (C=O) groups is 1. The Kier molecular flexibility index (Phi) is 3.63. The monoisotopic (exact) mass is 292 g/mol. The molecular formula is C14H17ClN4O. The van der Waals surface area contributed by atoms with Crippen molar-refractivity contribution >= 4 is 28.5 Å². The SMILES string of the molecule is Cn1c(CNN2CCCCC2=O)nc2cc(Cl)ccc21. The van der Waals surface area contributed by atoms with Crippen molar-refractivity contribution in [3.63, 3.8) is 0 Å². The highest BCUT2D eigenvalue weighted by molar-refractivity contribution is 6.31. The lowest BCUT2D eigenvalue weighted by Gasteiger charge is -2.27. The number of aromatic nitrogens is 2. The summed E-state index contributed by atoms with van der Waals surface area (Å²) < 4.78 is 2.02. The quantitative estimate of drug-likeness (QED) is 0.944. The van der Waals surface area contributed by atoms with Crippen LogP contribution in [0.5, 0.6) is 0 Å². The van der Waals surface area contributed by atoms with Crippen molar-refractivity contribution in [1.82, 2.24) is 20.0 Å². The summed E-state index contributed by atoms with van der Waals surface area (Å²) in [6.45, 7) is 1.31. The minimum Gasteiger partial charge on any atom is -0.330 e. The van der Waals surface area contributed by atoms with Crippen molar-refractivity contribution in [1.29, 1.82) is 0 Å². The molecule has 1 saturated heterocycles. The van der Waals surface area contributed by atoms with Gasteiger partial charge in [0.25, 0.3) is 0 Å². The molecule has 0 radical (unpaired) electrons. The second kappa shape index (κ2) is 5.42. The first-order valence-corrected chi connectivity index (χ1v) is 7.17. The number of hydrazine groups is 1. The van der Waals surface area contributed by atoms with Crippen molar-refractivity contribution < 1.29 is 4.79 Å². The number of hydrogen-bond donors (Lipinski definition) is 1. The van der Waals surface area contributed by atoms with Crippen LogP contribution in [0.4, 0.5) is 0 Å². The fraction of sp³-hybridized carbons (Fsp3) is 0.429. The third-order valence-corrected chi connectivity index (χ3v) is 3.92. The number of nitrogens with zero attached hydrogens (tertiary/aromatic N) is 3. The third kappa shape index (κ3) is 2.51. The lowest BCUT2D eigenvalue weighted by molar-refractivity contribution is -0.136. The van der Waals surface area contributed by atoms with Crippen LogP contribution in [0.25, 0.3) is 11.0 Å². The molecular weight excluding hydrogens is 276 g/mol. The van der Waals surface area contributed by atoms with Gasteiger partial charge in [0.2, 0.25) is 5.91 Å². The number of benzene rings is 1. The average molecular weight is 293 g/mol. The zero-order chi connectivity index (χ0) is 14.1. The summed E-state index contributed by atoms with van der Waals surface area (Å²) in [5.74, 6) is 1.05. The summed E-state index contributed by atoms with van der Waals surface area (Å²) in [7, 11) is 1.97. The van der Waals surface area contributed by atoms with Crippen molar-refractivity contribution in [3.05, 3.63) is 29.0 Å². The van der Waals surface area contributed by atoms with E-state index in [-0.39, 0.29) is 5.91 Å². The van der Waals surface area contributed by atoms with Crippen molar-refractivity contribution in [2.24, 2.45) is 7.05 Å². The molecule has 1 amide bonds. The van der Waals surface area contributed by atoms with Crippen LogP contribution in [-0.4, -0.2) is 27.0 Å². The van der Waals surface area contributed by atoms with Crippen LogP contribution in [0, 0.1) is 0 Å². The molecule has 0 bridgehead atoms. The summed E-state index contributed by atoms with van der Waals surface area (Å²) in [6.07, 6.45) is 2.67. The molecule has 5 nitrogen and oxygen atoms in total. The highest BCUT2D eigenvalue weighted by Gasteiger charge is 2.18. The maximum atomic E-state index is 11.7. The molecule has 0 unspecified atom stereocenters. The van der Waals surface area contributed by atoms with Crippen LogP contribution in [0.2, 0.25) is 5.02 Å². The predicted molar refractivity (Wildman–Crippen MR) is 78.1 cm³/mol. The molecule has 1 N–H and O–H groups in total. The van der Waals surface area contributed by atoms with Crippen LogP contribution < -0.4 is 5.43 Å². The number of piperidine rings is 1. The normalized spacial score (nSPS) is 16.1. The van der Waals surface area contributed by atoms with E-state index in [0.29, 0.717) is 18.0 Å². The van der Waals surface area contributed by atoms with E-state index in [1.807, 2.05) is 29.8 Å². The molecule has 0 spiro atoms. The highest BCUT2D eigenvalue weighted by atomic mass is 35.5. The smallest absolute Gasteiger partial charge is 0.236 e. The zero-order valence-corrected chi connectivity index (χ0v) is 12.2. The molecule has 6 heteroatoms. The minimum atomic E-state index is 0.165. The Morgan fingerprint density at radius 2 is 2.25 bits per heavy atom. The van der Waals surface area contributed by atoms with E-state index in [0.717, 1.165) is 36.2 Å². The van der Waals surface area contributed by atoms with Gasteiger partial charge in [0, 0.05) is 25.0 Å². The summed E-state index contributed by atoms with van der Waals surface area (Å²) in [4.78, 5) is 16.3. The van der Waals surface area contributed by atoms with Crippen molar-refractivity contribution in [3.8, 4) is 0 Å². The molecule has 3 rings (SSSR count). The van der Waals surface area contributed by atoms with Gasteiger partial charge in [-0.05, 0) is 31.0 Å². The molecule has 1 aliphatic rings. The van der Waals surface area contributed by atoms with Gasteiger partial charge < -0.3 is 4.57 Å². The molecule has 1 fully saturated rings. The standard InChI is InChI=1S/C14H17ClN4O/c1-18-12-6-5-10(15)8-11(12)17-13(18)9-16-19-7-3-2-4-14(19)20/h5-6,8,16H,2-4,7,9H2,1H3. The van der Waals surface area contributed by atoms with Gasteiger partial charge in [0.1, 0.15) is 5.82 Å². The zero-order valence-electron chi connectivity index (χ0n) is 11.4. The molecule has 0 atom stereocenters. The van der Waals surface area contributed by atoms with Crippen LogP contribution in [0.3, 0.4) is 0 Å². The topological polar surface area (TPSA) is 50.2 Å². The van der Waals surface area contributed by atoms with E-state index in [4.69, 9.17) is 11.6 Å². The van der Waals surface area contributed by atoms with Gasteiger partial charge in [0.05, 0.1) is 17.6 Å². The molecule has 1 aromatic carbocycles. The number of rotatable bonds is 3. The number of imidazole rings is 1. The minimum absolute atomic E-state index is 0.165. The molecule has 0 aliphatic carbocycles. The van der Waals surface area contributed by atoms with Gasteiger partial charge in [-0.25, -0.2) is 10.4 Å². The summed E-state index contributed by atoms with van der Waals surface area (Å²) >= 11 is 5.98. The predicted octanol–water partition coefficient (Wildman–Crippen LogP) is 2.24. The van der Waals surface area contributed by atoms with Crippen LogP contribution >= 0.6 is 11.6 Å². The van der Waals surface area contributed by atoms with E-state index in [1.54, 1.807) is 5.01 Å². The number of aryl methyl sites for hydroxylation is 1. The summed E-state index contributed by atoms with van der Waals surface area (Å²) in [6, 6.07) is 5.67. The third-order valence-electron chi connectivity index (χ3n) is 3.69. The van der Waals surface area contributed by atoms with Gasteiger partial charge in [-0.15, -0.1) is 0 Å². The number of halogens is 1. The van der Waals surface area contributed by atoms with Gasteiger partial charge in [0.15, 0.2) is 0 Å². The second-order valence-corrected chi connectivity index (χ2v) is 5.49. The number of nitrogens with one attached hydrogen (secondary N) is 1. The van der Waals surface area contributed by atoms with Gasteiger partial charge in [-0.2, -0.15) is 0 Å². The van der Waals surface area contributed by atoms with E-state index in [1.165, 1.54) is 0 Å². The molecule has 2 aromatic rings. The van der Waals surface area contributed by atoms with Crippen LogP contribution in [-0.2, 0) is 18.4 Å². The van der Waals surface area contributed by atoms with Gasteiger partial charge in [-0.1, -0.05) is 11.6 Å². The van der Waals surface area contributed by atoms with E-state index in [9.17, 15) is 4.79 Å². The Balaban J connectivity index is 1.77. The maximum Gasteiger partial charge on any atom is 0.236 e. The van der Waals surface area contributed by atoms with Gasteiger partial charge >= 0.3 is 0 Å². The van der Waals surface area contributed by atoms with E-state index < -0.39 is 0 Å². The first-order chi connectivity index (χ1) is 9.65. The van der Waals surface area contributed by atoms with Gasteiger partial charge in [-0.3, -0.25) is 9.80 Å². The largest absolute Gasteiger partial charge is 0.330 e. The fourth-order valence-corrected chi connectivity index (χ4v) is 2.69. The number of carbonyl (C=O) groups excluding carboxylic acids is 1. The Hall–Kier alpha value is -1.59. The summed E-state index contributed by atoms with van der Waals surface area (Å²) in [5, 5.41) is 2.39. The first-order valence-electron chi connectivity index (χ1n) is 6.80. The molecule has 2 heterocycles. The second-order valence-electron chi connectivity index (χ2n) is 5.06. The Labute approximate surface area is 122 Å². The van der Waals surface area contributed by atoms with E-state index in [2.05, 4.69) is 10.4 Å². The molecule has 20 heavy (non-hydrogen) atoms. The number of fused-ring (bicyclic) bond motifs is 1. The molecule has 0 saturated carbocycles. The van der Waals surface area contributed by atoms with Crippen molar-refractivity contribution in [2.45, 2.75) is 25.8 Å². The van der Waals surface area contributed by atoms with Crippen molar-refractivity contribution in [2.75, 3.05) is 6.54 Å². The average Bonchev–Trinajstić information content (AvgIpc) is 2.74. The molecule has 106 valence electrons. The highest BCUT2D eigenvalue weighted by Crippen LogP contribution is 2.19. The first kappa shape index (κ1) is 13.4. The fourth-order valence-electron chi connectivity index (χ4n) is 2.52. The van der Waals surface area contributed by atoms with Crippen LogP contribution in [0.15, 0.2) is 18.2 Å². The van der Waals surface area contributed by atoms with E-state index >= 15 is 0 Å². The Morgan fingerprint density at radius 1 is 1.40 bits per heavy atom. The summed E-state index contributed by atoms with van der Waals surface area (Å²) in [5.41, 5.74) is 5.09. The van der Waals surface area contributed by atoms with Crippen LogP contribution in [0.1, 0.15) is 25.1 Å². The molecule has 1 aromatic heterocycles. The number of hydrogen-bond acceptors (Lipinski definition) is 3. The Bertz CT molecular complexity index is 652. The molecule has 1 aliphatic heterocycles. The Morgan fingerprint density at radius 3 is 3.05 bits per heavy atom. The lowest BCUT2D eigenvalue weighted by Crippen LogP contribution is -2.45.